The van der Waals surface area contributed by atoms with Crippen molar-refractivity contribution in [3.63, 3.8) is 0 Å². The van der Waals surface area contributed by atoms with E-state index in [-0.39, 0.29) is 11.7 Å². The van der Waals surface area contributed by atoms with Crippen molar-refractivity contribution in [2.75, 3.05) is 39.2 Å². The van der Waals surface area contributed by atoms with E-state index >= 15 is 0 Å². The lowest BCUT2D eigenvalue weighted by molar-refractivity contribution is -0.121. The predicted octanol–water partition coefficient (Wildman–Crippen LogP) is 4.11. The van der Waals surface area contributed by atoms with E-state index in [9.17, 15) is 13.2 Å². The fourth-order valence-electron chi connectivity index (χ4n) is 3.11. The highest BCUT2D eigenvalue weighted by Gasteiger charge is 2.03. The van der Waals surface area contributed by atoms with Crippen LogP contribution >= 0.6 is 0 Å². The topological polar surface area (TPSA) is 102 Å². The standard InChI is InChI=1S/C21H43NO6S/c1-27-18-19-28-17-16-22-21(23)15-13-11-9-7-5-3-2-4-6-8-10-12-14-20-29(24,25)26/h2-20H2,1H3,(H,22,23)(H,24,25,26). The van der Waals surface area contributed by atoms with Gasteiger partial charge in [0.2, 0.25) is 5.91 Å². The number of methoxy groups -OCH3 is 1. The van der Waals surface area contributed by atoms with Crippen LogP contribution in [0.5, 0.6) is 0 Å². The Bertz CT molecular complexity index is 470. The van der Waals surface area contributed by atoms with E-state index in [2.05, 4.69) is 5.32 Å². The fraction of sp³-hybridized carbons (Fsp3) is 0.952. The molecule has 0 atom stereocenters. The minimum Gasteiger partial charge on any atom is -0.382 e. The van der Waals surface area contributed by atoms with Crippen molar-refractivity contribution >= 4 is 16.0 Å². The first-order valence-corrected chi connectivity index (χ1v) is 12.8. The average molecular weight is 438 g/mol. The van der Waals surface area contributed by atoms with Crippen LogP contribution in [0.15, 0.2) is 0 Å². The molecule has 0 bridgehead atoms. The van der Waals surface area contributed by atoms with Crippen LogP contribution < -0.4 is 5.32 Å². The Balaban J connectivity index is 3.17. The highest BCUT2D eigenvalue weighted by Crippen LogP contribution is 2.13. The average Bonchev–Trinajstić information content (AvgIpc) is 2.66. The minimum absolute atomic E-state index is 0.109. The molecule has 0 aromatic carbocycles. The molecule has 0 spiro atoms. The number of hydrogen-bond acceptors (Lipinski definition) is 5. The van der Waals surface area contributed by atoms with E-state index in [0.29, 0.717) is 39.2 Å². The molecular formula is C21H43NO6S. The quantitative estimate of drug-likeness (QED) is 0.195. The maximum Gasteiger partial charge on any atom is 0.264 e. The molecule has 29 heavy (non-hydrogen) atoms. The maximum absolute atomic E-state index is 11.7. The fourth-order valence-corrected chi connectivity index (χ4v) is 3.68. The number of carbonyl (C=O) groups excluding carboxylic acids is 1. The molecule has 0 saturated heterocycles. The Hall–Kier alpha value is -0.700. The number of unbranched alkanes of at least 4 members (excludes halogenated alkanes) is 12. The smallest absolute Gasteiger partial charge is 0.264 e. The highest BCUT2D eigenvalue weighted by molar-refractivity contribution is 7.85. The van der Waals surface area contributed by atoms with Gasteiger partial charge in [0.1, 0.15) is 0 Å². The van der Waals surface area contributed by atoms with Gasteiger partial charge in [-0.1, -0.05) is 70.6 Å². The third-order valence-corrected chi connectivity index (χ3v) is 5.61. The number of rotatable bonds is 22. The van der Waals surface area contributed by atoms with Crippen LogP contribution in [0.3, 0.4) is 0 Å². The van der Waals surface area contributed by atoms with Crippen molar-refractivity contribution in [1.82, 2.24) is 5.32 Å². The Labute approximate surface area is 178 Å². The van der Waals surface area contributed by atoms with Crippen LogP contribution in [-0.4, -0.2) is 58.1 Å². The van der Waals surface area contributed by atoms with E-state index in [1.165, 1.54) is 44.9 Å². The Morgan fingerprint density at radius 1 is 0.759 bits per heavy atom. The number of ether oxygens (including phenoxy) is 2. The monoisotopic (exact) mass is 437 g/mol. The molecule has 0 fully saturated rings. The summed E-state index contributed by atoms with van der Waals surface area (Å²) in [7, 11) is -2.15. The molecular weight excluding hydrogens is 394 g/mol. The molecule has 0 saturated carbocycles. The predicted molar refractivity (Wildman–Crippen MR) is 117 cm³/mol. The van der Waals surface area contributed by atoms with Gasteiger partial charge in [-0.3, -0.25) is 9.35 Å². The van der Waals surface area contributed by atoms with Gasteiger partial charge in [-0.25, -0.2) is 0 Å². The molecule has 0 radical (unpaired) electrons. The lowest BCUT2D eigenvalue weighted by Gasteiger charge is -2.06. The SMILES string of the molecule is COCCOCCNC(=O)CCCCCCCCCCCCCCCS(=O)(=O)O. The molecule has 0 aromatic rings. The van der Waals surface area contributed by atoms with Crippen molar-refractivity contribution in [3.05, 3.63) is 0 Å². The van der Waals surface area contributed by atoms with Gasteiger partial charge >= 0.3 is 0 Å². The van der Waals surface area contributed by atoms with Crippen molar-refractivity contribution in [2.45, 2.75) is 89.9 Å². The molecule has 8 heteroatoms. The molecule has 0 aliphatic rings. The van der Waals surface area contributed by atoms with E-state index in [1.54, 1.807) is 7.11 Å². The van der Waals surface area contributed by atoms with Crippen molar-refractivity contribution < 1.29 is 27.2 Å². The van der Waals surface area contributed by atoms with Crippen LogP contribution in [0.25, 0.3) is 0 Å². The first kappa shape index (κ1) is 28.3. The summed E-state index contributed by atoms with van der Waals surface area (Å²) >= 11 is 0. The van der Waals surface area contributed by atoms with Crippen molar-refractivity contribution in [3.8, 4) is 0 Å². The van der Waals surface area contributed by atoms with Gasteiger partial charge in [0, 0.05) is 20.1 Å². The molecule has 0 aliphatic carbocycles. The molecule has 0 aliphatic heterocycles. The Morgan fingerprint density at radius 3 is 1.72 bits per heavy atom. The summed E-state index contributed by atoms with van der Waals surface area (Å²) in [5.41, 5.74) is 0. The van der Waals surface area contributed by atoms with Gasteiger partial charge in [-0.2, -0.15) is 8.42 Å². The number of amides is 1. The van der Waals surface area contributed by atoms with Gasteiger partial charge in [-0.15, -0.1) is 0 Å². The number of nitrogens with one attached hydrogen (secondary N) is 1. The highest BCUT2D eigenvalue weighted by atomic mass is 32.2. The lowest BCUT2D eigenvalue weighted by Crippen LogP contribution is -2.27. The molecule has 0 rings (SSSR count). The summed E-state index contributed by atoms with van der Waals surface area (Å²) in [4.78, 5) is 11.7. The van der Waals surface area contributed by atoms with Gasteiger partial charge in [0.25, 0.3) is 10.1 Å². The first-order chi connectivity index (χ1) is 14.0. The van der Waals surface area contributed by atoms with E-state index in [4.69, 9.17) is 14.0 Å². The summed E-state index contributed by atoms with van der Waals surface area (Å²) in [5.74, 6) is 0.000382. The zero-order valence-corrected chi connectivity index (χ0v) is 19.1. The minimum atomic E-state index is -3.78. The largest absolute Gasteiger partial charge is 0.382 e. The molecule has 1 amide bonds. The Kier molecular flexibility index (Phi) is 20.1. The van der Waals surface area contributed by atoms with Gasteiger partial charge < -0.3 is 14.8 Å². The first-order valence-electron chi connectivity index (χ1n) is 11.2. The Morgan fingerprint density at radius 2 is 1.24 bits per heavy atom. The van der Waals surface area contributed by atoms with Gasteiger partial charge in [0.15, 0.2) is 0 Å². The summed E-state index contributed by atoms with van der Waals surface area (Å²) in [6, 6.07) is 0. The molecule has 0 unspecified atom stereocenters. The van der Waals surface area contributed by atoms with Gasteiger partial charge in [0.05, 0.1) is 25.6 Å². The van der Waals surface area contributed by atoms with Crippen LogP contribution in [0.1, 0.15) is 89.9 Å². The molecule has 2 N–H and O–H groups in total. The second kappa shape index (κ2) is 20.6. The van der Waals surface area contributed by atoms with Crippen LogP contribution in [0.2, 0.25) is 0 Å². The number of hydrogen-bond donors (Lipinski definition) is 2. The lowest BCUT2D eigenvalue weighted by atomic mass is 10.0. The third-order valence-electron chi connectivity index (χ3n) is 4.81. The van der Waals surface area contributed by atoms with E-state index in [0.717, 1.165) is 32.1 Å². The van der Waals surface area contributed by atoms with Crippen LogP contribution in [0, 0.1) is 0 Å². The second-order valence-electron chi connectivity index (χ2n) is 7.59. The van der Waals surface area contributed by atoms with E-state index < -0.39 is 10.1 Å². The zero-order valence-electron chi connectivity index (χ0n) is 18.3. The van der Waals surface area contributed by atoms with Crippen LogP contribution in [-0.2, 0) is 24.4 Å². The maximum atomic E-state index is 11.7. The normalized spacial score (nSPS) is 11.7. The van der Waals surface area contributed by atoms with Crippen LogP contribution in [0.4, 0.5) is 0 Å². The van der Waals surface area contributed by atoms with Crippen molar-refractivity contribution in [2.24, 2.45) is 0 Å². The number of carbonyl (C=O) groups is 1. The summed E-state index contributed by atoms with van der Waals surface area (Å²) < 4.78 is 40.0. The summed E-state index contributed by atoms with van der Waals surface area (Å²) in [5, 5.41) is 2.87. The molecule has 0 aromatic heterocycles. The molecule has 0 heterocycles. The van der Waals surface area contributed by atoms with Gasteiger partial charge in [-0.05, 0) is 12.8 Å². The summed E-state index contributed by atoms with van der Waals surface area (Å²) in [6.07, 6.45) is 15.0. The second-order valence-corrected chi connectivity index (χ2v) is 9.16. The third kappa shape index (κ3) is 25.3. The zero-order chi connectivity index (χ0) is 21.6. The molecule has 174 valence electrons. The van der Waals surface area contributed by atoms with E-state index in [1.807, 2.05) is 0 Å². The summed E-state index contributed by atoms with van der Waals surface area (Å²) in [6.45, 7) is 2.23. The van der Waals surface area contributed by atoms with Crippen molar-refractivity contribution in [1.29, 1.82) is 0 Å². The molecule has 7 nitrogen and oxygen atoms in total.